The fraction of sp³-hybridized carbons (Fsp3) is 0.0714. The highest BCUT2D eigenvalue weighted by Gasteiger charge is 2.04. The highest BCUT2D eigenvalue weighted by Crippen LogP contribution is 2.22. The van der Waals surface area contributed by atoms with Gasteiger partial charge in [0.2, 0.25) is 0 Å². The molecule has 2 heteroatoms. The molecule has 0 saturated heterocycles. The van der Waals surface area contributed by atoms with Gasteiger partial charge >= 0.3 is 0 Å². The van der Waals surface area contributed by atoms with Crippen molar-refractivity contribution in [1.82, 2.24) is 4.98 Å². The highest BCUT2D eigenvalue weighted by molar-refractivity contribution is 6.30. The molecule has 0 fully saturated rings. The summed E-state index contributed by atoms with van der Waals surface area (Å²) in [5.74, 6) is 0. The molecule has 1 aromatic carbocycles. The van der Waals surface area contributed by atoms with Crippen LogP contribution < -0.4 is 0 Å². The van der Waals surface area contributed by atoms with Crippen LogP contribution in [0.4, 0.5) is 0 Å². The molecule has 2 aromatic rings. The van der Waals surface area contributed by atoms with E-state index in [9.17, 15) is 0 Å². The van der Waals surface area contributed by atoms with E-state index in [1.54, 1.807) is 6.20 Å². The van der Waals surface area contributed by atoms with E-state index < -0.39 is 0 Å². The summed E-state index contributed by atoms with van der Waals surface area (Å²) in [7, 11) is 0. The third kappa shape index (κ3) is 2.31. The van der Waals surface area contributed by atoms with Crippen LogP contribution in [0.5, 0.6) is 0 Å². The molecule has 0 aliphatic carbocycles. The van der Waals surface area contributed by atoms with Crippen LogP contribution in [0.2, 0.25) is 5.02 Å². The molecule has 0 aliphatic heterocycles. The van der Waals surface area contributed by atoms with Crippen molar-refractivity contribution in [2.45, 2.75) is 6.92 Å². The fourth-order valence-electron chi connectivity index (χ4n) is 1.61. The number of aromatic nitrogens is 1. The van der Waals surface area contributed by atoms with Crippen LogP contribution in [0.3, 0.4) is 0 Å². The van der Waals surface area contributed by atoms with E-state index >= 15 is 0 Å². The molecule has 0 bridgehead atoms. The van der Waals surface area contributed by atoms with Gasteiger partial charge in [0.1, 0.15) is 0 Å². The van der Waals surface area contributed by atoms with Crippen LogP contribution in [-0.4, -0.2) is 4.98 Å². The zero-order valence-corrected chi connectivity index (χ0v) is 9.78. The molecule has 0 unspecified atom stereocenters. The van der Waals surface area contributed by atoms with Gasteiger partial charge in [-0.1, -0.05) is 35.9 Å². The number of rotatable bonds is 2. The highest BCUT2D eigenvalue weighted by atomic mass is 35.5. The number of halogens is 1. The Kier molecular flexibility index (Phi) is 3.37. The summed E-state index contributed by atoms with van der Waals surface area (Å²) < 4.78 is 0. The van der Waals surface area contributed by atoms with Gasteiger partial charge in [0.15, 0.2) is 0 Å². The van der Waals surface area contributed by atoms with Crippen LogP contribution in [0.1, 0.15) is 18.2 Å². The van der Waals surface area contributed by atoms with Gasteiger partial charge in [0, 0.05) is 16.8 Å². The van der Waals surface area contributed by atoms with E-state index in [1.165, 1.54) is 0 Å². The molecule has 0 radical (unpaired) electrons. The molecule has 2 rings (SSSR count). The molecule has 1 nitrogen and oxygen atoms in total. The molecular weight excluding hydrogens is 218 g/mol. The van der Waals surface area contributed by atoms with Gasteiger partial charge in [-0.25, -0.2) is 0 Å². The van der Waals surface area contributed by atoms with E-state index in [4.69, 9.17) is 11.6 Å². The van der Waals surface area contributed by atoms with E-state index in [-0.39, 0.29) is 0 Å². The maximum absolute atomic E-state index is 5.87. The SMILES string of the molecule is C/C=C(\c1ccc(Cl)cc1)c1ccccn1. The van der Waals surface area contributed by atoms with E-state index in [0.29, 0.717) is 0 Å². The summed E-state index contributed by atoms with van der Waals surface area (Å²) in [5.41, 5.74) is 3.23. The normalized spacial score (nSPS) is 11.5. The fourth-order valence-corrected chi connectivity index (χ4v) is 1.74. The number of hydrogen-bond donors (Lipinski definition) is 0. The summed E-state index contributed by atoms with van der Waals surface area (Å²) in [4.78, 5) is 4.35. The summed E-state index contributed by atoms with van der Waals surface area (Å²) in [6, 6.07) is 13.7. The van der Waals surface area contributed by atoms with Crippen LogP contribution in [0.15, 0.2) is 54.7 Å². The lowest BCUT2D eigenvalue weighted by Crippen LogP contribution is -1.90. The first-order valence-corrected chi connectivity index (χ1v) is 5.52. The Morgan fingerprint density at radius 1 is 1.12 bits per heavy atom. The first-order chi connectivity index (χ1) is 7.81. The Labute approximate surface area is 100 Å². The van der Waals surface area contributed by atoms with Crippen LogP contribution in [0, 0.1) is 0 Å². The smallest absolute Gasteiger partial charge is 0.0704 e. The Morgan fingerprint density at radius 3 is 2.44 bits per heavy atom. The minimum atomic E-state index is 0.750. The second-order valence-corrected chi connectivity index (χ2v) is 3.86. The molecule has 0 spiro atoms. The Bertz CT molecular complexity index is 486. The largest absolute Gasteiger partial charge is 0.256 e. The summed E-state index contributed by atoms with van der Waals surface area (Å²) in [6.45, 7) is 2.01. The second kappa shape index (κ2) is 4.95. The number of hydrogen-bond acceptors (Lipinski definition) is 1. The predicted molar refractivity (Wildman–Crippen MR) is 68.4 cm³/mol. The van der Waals surface area contributed by atoms with Crippen LogP contribution in [-0.2, 0) is 0 Å². The summed E-state index contributed by atoms with van der Waals surface area (Å²) >= 11 is 5.87. The van der Waals surface area contributed by atoms with Gasteiger partial charge in [0.05, 0.1) is 5.69 Å². The van der Waals surface area contributed by atoms with Crippen molar-refractivity contribution in [2.75, 3.05) is 0 Å². The van der Waals surface area contributed by atoms with Crippen LogP contribution >= 0.6 is 11.6 Å². The second-order valence-electron chi connectivity index (χ2n) is 3.42. The summed E-state index contributed by atoms with van der Waals surface area (Å²) in [6.07, 6.45) is 3.86. The van der Waals surface area contributed by atoms with Gasteiger partial charge in [-0.3, -0.25) is 4.98 Å². The van der Waals surface area contributed by atoms with E-state index in [1.807, 2.05) is 49.4 Å². The van der Waals surface area contributed by atoms with Crippen molar-refractivity contribution >= 4 is 17.2 Å². The van der Waals surface area contributed by atoms with Crippen molar-refractivity contribution in [3.05, 3.63) is 71.0 Å². The van der Waals surface area contributed by atoms with Gasteiger partial charge in [-0.05, 0) is 36.8 Å². The van der Waals surface area contributed by atoms with E-state index in [2.05, 4.69) is 11.1 Å². The molecule has 1 aromatic heterocycles. The number of pyridine rings is 1. The number of nitrogens with zero attached hydrogens (tertiary/aromatic N) is 1. The number of benzene rings is 1. The molecule has 0 saturated carbocycles. The minimum Gasteiger partial charge on any atom is -0.256 e. The quantitative estimate of drug-likeness (QED) is 0.753. The van der Waals surface area contributed by atoms with Crippen molar-refractivity contribution in [3.8, 4) is 0 Å². The maximum Gasteiger partial charge on any atom is 0.0704 e. The lowest BCUT2D eigenvalue weighted by atomic mass is 10.0. The molecule has 16 heavy (non-hydrogen) atoms. The molecule has 0 atom stereocenters. The summed E-state index contributed by atoms with van der Waals surface area (Å²) in [5, 5.41) is 0.750. The zero-order valence-electron chi connectivity index (χ0n) is 9.02. The molecule has 0 aliphatic rings. The standard InChI is InChI=1S/C14H12ClN/c1-2-13(14-5-3-4-10-16-14)11-6-8-12(15)9-7-11/h2-10H,1H3/b13-2+. The minimum absolute atomic E-state index is 0.750. The lowest BCUT2D eigenvalue weighted by Gasteiger charge is -2.06. The number of allylic oxidation sites excluding steroid dienone is 1. The third-order valence-corrected chi connectivity index (χ3v) is 2.64. The van der Waals surface area contributed by atoms with Crippen molar-refractivity contribution in [2.24, 2.45) is 0 Å². The Hall–Kier alpha value is -1.60. The first kappa shape index (κ1) is 10.9. The average Bonchev–Trinajstić information content (AvgIpc) is 2.34. The lowest BCUT2D eigenvalue weighted by molar-refractivity contribution is 1.27. The zero-order chi connectivity index (χ0) is 11.4. The molecule has 80 valence electrons. The van der Waals surface area contributed by atoms with Crippen molar-refractivity contribution < 1.29 is 0 Å². The molecule has 0 N–H and O–H groups in total. The average molecular weight is 230 g/mol. The maximum atomic E-state index is 5.87. The topological polar surface area (TPSA) is 12.9 Å². The third-order valence-electron chi connectivity index (χ3n) is 2.38. The van der Waals surface area contributed by atoms with Gasteiger partial charge in [0.25, 0.3) is 0 Å². The molecular formula is C14H12ClN. The predicted octanol–water partition coefficient (Wildman–Crippen LogP) is 4.19. The van der Waals surface area contributed by atoms with Crippen molar-refractivity contribution in [1.29, 1.82) is 0 Å². The van der Waals surface area contributed by atoms with Crippen LogP contribution in [0.25, 0.3) is 5.57 Å². The molecule has 0 amide bonds. The Morgan fingerprint density at radius 2 is 1.88 bits per heavy atom. The monoisotopic (exact) mass is 229 g/mol. The van der Waals surface area contributed by atoms with Gasteiger partial charge in [-0.2, -0.15) is 0 Å². The van der Waals surface area contributed by atoms with Gasteiger partial charge < -0.3 is 0 Å². The Balaban J connectivity index is 2.42. The van der Waals surface area contributed by atoms with Gasteiger partial charge in [-0.15, -0.1) is 0 Å². The van der Waals surface area contributed by atoms with Crippen molar-refractivity contribution in [3.63, 3.8) is 0 Å². The molecule has 1 heterocycles. The van der Waals surface area contributed by atoms with E-state index in [0.717, 1.165) is 21.9 Å². The first-order valence-electron chi connectivity index (χ1n) is 5.15.